The number of likely N-dealkylation sites (N-methyl/N-ethyl adjacent to an activating group) is 1. The van der Waals surface area contributed by atoms with E-state index < -0.39 is 0 Å². The molecule has 1 saturated carbocycles. The molecule has 0 aromatic carbocycles. The van der Waals surface area contributed by atoms with E-state index in [-0.39, 0.29) is 0 Å². The third-order valence-corrected chi connectivity index (χ3v) is 4.08. The van der Waals surface area contributed by atoms with Gasteiger partial charge in [-0.1, -0.05) is 25.5 Å². The van der Waals surface area contributed by atoms with E-state index in [0.717, 1.165) is 11.8 Å². The van der Waals surface area contributed by atoms with E-state index in [4.69, 9.17) is 0 Å². The summed E-state index contributed by atoms with van der Waals surface area (Å²) < 4.78 is 0. The van der Waals surface area contributed by atoms with Crippen molar-refractivity contribution < 1.29 is 0 Å². The van der Waals surface area contributed by atoms with Crippen LogP contribution in [0.3, 0.4) is 0 Å². The zero-order valence-corrected chi connectivity index (χ0v) is 9.30. The zero-order chi connectivity index (χ0) is 9.64. The van der Waals surface area contributed by atoms with E-state index in [9.17, 15) is 0 Å². The second kappa shape index (κ2) is 2.84. The Morgan fingerprint density at radius 2 is 2.15 bits per heavy atom. The van der Waals surface area contributed by atoms with Crippen LogP contribution in [0.25, 0.3) is 0 Å². The normalized spacial score (nSPS) is 35.6. The van der Waals surface area contributed by atoms with Gasteiger partial charge in [0.1, 0.15) is 0 Å². The quantitative estimate of drug-likeness (QED) is 0.589. The van der Waals surface area contributed by atoms with Gasteiger partial charge in [-0.15, -0.1) is 0 Å². The zero-order valence-electron chi connectivity index (χ0n) is 9.30. The minimum absolute atomic E-state index is 0.597. The van der Waals surface area contributed by atoms with E-state index in [1.807, 2.05) is 0 Å². The summed E-state index contributed by atoms with van der Waals surface area (Å²) in [6, 6.07) is 0. The second-order valence-electron chi connectivity index (χ2n) is 5.56. The fourth-order valence-electron chi connectivity index (χ4n) is 3.02. The third-order valence-electron chi connectivity index (χ3n) is 4.08. The van der Waals surface area contributed by atoms with E-state index in [0.29, 0.717) is 5.41 Å². The average Bonchev–Trinajstić information content (AvgIpc) is 2.03. The number of hydrogen-bond acceptors (Lipinski definition) is 1. The van der Waals surface area contributed by atoms with E-state index in [2.05, 4.69) is 38.9 Å². The molecule has 3 rings (SSSR count). The van der Waals surface area contributed by atoms with Crippen molar-refractivity contribution >= 4 is 0 Å². The lowest BCUT2D eigenvalue weighted by molar-refractivity contribution is -0.00944. The van der Waals surface area contributed by atoms with Gasteiger partial charge in [0.05, 0.1) is 0 Å². The molecule has 0 aliphatic heterocycles. The first kappa shape index (κ1) is 9.26. The topological polar surface area (TPSA) is 3.24 Å². The van der Waals surface area contributed by atoms with Gasteiger partial charge in [-0.2, -0.15) is 0 Å². The highest BCUT2D eigenvalue weighted by atomic mass is 15.1. The van der Waals surface area contributed by atoms with Crippen LogP contribution in [0.5, 0.6) is 0 Å². The number of fused-ring (bicyclic) bond motifs is 1. The Bertz CT molecular complexity index is 238. The monoisotopic (exact) mass is 179 g/mol. The van der Waals surface area contributed by atoms with Crippen molar-refractivity contribution in [2.24, 2.45) is 17.3 Å². The van der Waals surface area contributed by atoms with Crippen LogP contribution in [0.15, 0.2) is 11.6 Å². The molecule has 0 aromatic heterocycles. The molecule has 3 aliphatic carbocycles. The van der Waals surface area contributed by atoms with Gasteiger partial charge in [-0.05, 0) is 44.2 Å². The lowest BCUT2D eigenvalue weighted by atomic mass is 9.49. The summed E-state index contributed by atoms with van der Waals surface area (Å²) in [6.45, 7) is 6.05. The SMILES string of the molecule is CN(C)CC1=CCC2CC1C2(C)C. The molecule has 3 aliphatic rings. The van der Waals surface area contributed by atoms with E-state index >= 15 is 0 Å². The highest BCUT2D eigenvalue weighted by Crippen LogP contribution is 2.59. The van der Waals surface area contributed by atoms with Crippen molar-refractivity contribution in [1.82, 2.24) is 4.90 Å². The van der Waals surface area contributed by atoms with Crippen LogP contribution in [0.4, 0.5) is 0 Å². The first-order valence-electron chi connectivity index (χ1n) is 5.35. The summed E-state index contributed by atoms with van der Waals surface area (Å²) >= 11 is 0. The van der Waals surface area contributed by atoms with E-state index in [1.54, 1.807) is 5.57 Å². The summed E-state index contributed by atoms with van der Waals surface area (Å²) in [4.78, 5) is 2.29. The van der Waals surface area contributed by atoms with Gasteiger partial charge in [-0.3, -0.25) is 0 Å². The Hall–Kier alpha value is -0.300. The van der Waals surface area contributed by atoms with Crippen LogP contribution in [0.2, 0.25) is 0 Å². The molecule has 0 aromatic rings. The molecule has 0 amide bonds. The first-order valence-corrected chi connectivity index (χ1v) is 5.35. The summed E-state index contributed by atoms with van der Waals surface area (Å²) in [5.74, 6) is 1.86. The summed E-state index contributed by atoms with van der Waals surface area (Å²) in [7, 11) is 4.33. The van der Waals surface area contributed by atoms with E-state index in [1.165, 1.54) is 19.4 Å². The fourth-order valence-corrected chi connectivity index (χ4v) is 3.02. The molecule has 2 atom stereocenters. The largest absolute Gasteiger partial charge is 0.305 e. The predicted octanol–water partition coefficient (Wildman–Crippen LogP) is 2.54. The van der Waals surface area contributed by atoms with Crippen LogP contribution < -0.4 is 0 Å². The van der Waals surface area contributed by atoms with Crippen LogP contribution >= 0.6 is 0 Å². The Kier molecular flexibility index (Phi) is 2.03. The van der Waals surface area contributed by atoms with Gasteiger partial charge < -0.3 is 4.90 Å². The van der Waals surface area contributed by atoms with Crippen molar-refractivity contribution in [2.45, 2.75) is 26.7 Å². The maximum Gasteiger partial charge on any atom is 0.0189 e. The minimum atomic E-state index is 0.597. The van der Waals surface area contributed by atoms with Crippen LogP contribution in [0, 0.1) is 17.3 Å². The first-order chi connectivity index (χ1) is 6.01. The second-order valence-corrected chi connectivity index (χ2v) is 5.56. The Balaban J connectivity index is 2.10. The Morgan fingerprint density at radius 1 is 1.46 bits per heavy atom. The van der Waals surface area contributed by atoms with Crippen LogP contribution in [-0.4, -0.2) is 25.5 Å². The molecule has 2 unspecified atom stereocenters. The molecular weight excluding hydrogens is 158 g/mol. The molecule has 13 heavy (non-hydrogen) atoms. The number of rotatable bonds is 2. The Morgan fingerprint density at radius 3 is 2.62 bits per heavy atom. The smallest absolute Gasteiger partial charge is 0.0189 e. The molecule has 1 heteroatoms. The van der Waals surface area contributed by atoms with Crippen molar-refractivity contribution in [1.29, 1.82) is 0 Å². The predicted molar refractivity (Wildman–Crippen MR) is 56.6 cm³/mol. The fraction of sp³-hybridized carbons (Fsp3) is 0.833. The molecule has 0 saturated heterocycles. The summed E-state index contributed by atoms with van der Waals surface area (Å²) in [5, 5.41) is 0. The molecule has 2 bridgehead atoms. The van der Waals surface area contributed by atoms with Crippen molar-refractivity contribution in [3.63, 3.8) is 0 Å². The van der Waals surface area contributed by atoms with Crippen LogP contribution in [-0.2, 0) is 0 Å². The van der Waals surface area contributed by atoms with Crippen molar-refractivity contribution in [3.05, 3.63) is 11.6 Å². The molecule has 1 fully saturated rings. The highest BCUT2D eigenvalue weighted by molar-refractivity contribution is 5.24. The lowest BCUT2D eigenvalue weighted by Gasteiger charge is -2.56. The maximum atomic E-state index is 2.49. The number of nitrogens with zero attached hydrogens (tertiary/aromatic N) is 1. The van der Waals surface area contributed by atoms with Gasteiger partial charge >= 0.3 is 0 Å². The average molecular weight is 179 g/mol. The van der Waals surface area contributed by atoms with Crippen LogP contribution in [0.1, 0.15) is 26.7 Å². The summed E-state index contributed by atoms with van der Waals surface area (Å²) in [6.07, 6.45) is 5.27. The molecule has 0 heterocycles. The third kappa shape index (κ3) is 1.34. The molecule has 74 valence electrons. The number of hydrogen-bond donors (Lipinski definition) is 0. The Labute approximate surface area is 81.8 Å². The van der Waals surface area contributed by atoms with Crippen molar-refractivity contribution in [2.75, 3.05) is 20.6 Å². The molecule has 0 N–H and O–H groups in total. The maximum absolute atomic E-state index is 2.49. The minimum Gasteiger partial charge on any atom is -0.305 e. The standard InChI is InChI=1S/C12H21N/c1-12(2)10-6-5-9(8-13(3)4)11(12)7-10/h5,10-11H,6-8H2,1-4H3. The van der Waals surface area contributed by atoms with Gasteiger partial charge in [-0.25, -0.2) is 0 Å². The summed E-state index contributed by atoms with van der Waals surface area (Å²) in [5.41, 5.74) is 2.29. The van der Waals surface area contributed by atoms with Gasteiger partial charge in [0.15, 0.2) is 0 Å². The van der Waals surface area contributed by atoms with Gasteiger partial charge in [0, 0.05) is 6.54 Å². The molecule has 1 nitrogen and oxygen atoms in total. The molecule has 0 spiro atoms. The lowest BCUT2D eigenvalue weighted by Crippen LogP contribution is -2.49. The molecule has 0 radical (unpaired) electrons. The molecular formula is C12H21N. The number of allylic oxidation sites excluding steroid dienone is 1. The highest BCUT2D eigenvalue weighted by Gasteiger charge is 2.50. The van der Waals surface area contributed by atoms with Crippen molar-refractivity contribution in [3.8, 4) is 0 Å². The van der Waals surface area contributed by atoms with Gasteiger partial charge in [0.2, 0.25) is 0 Å². The van der Waals surface area contributed by atoms with Gasteiger partial charge in [0.25, 0.3) is 0 Å².